The van der Waals surface area contributed by atoms with Gasteiger partial charge in [-0.15, -0.1) is 11.3 Å². The van der Waals surface area contributed by atoms with Crippen LogP contribution in [0.5, 0.6) is 0 Å². The minimum absolute atomic E-state index is 0.0333. The second kappa shape index (κ2) is 5.12. The van der Waals surface area contributed by atoms with Crippen molar-refractivity contribution in [3.8, 4) is 0 Å². The molecule has 3 N–H and O–H groups in total. The molecule has 1 aliphatic heterocycles. The van der Waals surface area contributed by atoms with E-state index in [0.29, 0.717) is 0 Å². The van der Waals surface area contributed by atoms with E-state index in [1.165, 1.54) is 16.3 Å². The van der Waals surface area contributed by atoms with Crippen LogP contribution >= 0.6 is 11.3 Å². The molecule has 2 rings (SSSR count). The van der Waals surface area contributed by atoms with Crippen LogP contribution in [0.4, 0.5) is 8.78 Å². The molecule has 19 heavy (non-hydrogen) atoms. The summed E-state index contributed by atoms with van der Waals surface area (Å²) in [6.45, 7) is 0.238. The second-order valence-corrected chi connectivity index (χ2v) is 6.34. The Bertz CT molecular complexity index is 581. The summed E-state index contributed by atoms with van der Waals surface area (Å²) in [5, 5.41) is 6.21. The summed E-state index contributed by atoms with van der Waals surface area (Å²) in [5.74, 6) is -0.524. The lowest BCUT2D eigenvalue weighted by Crippen LogP contribution is -2.61. The van der Waals surface area contributed by atoms with Crippen LogP contribution in [-0.4, -0.2) is 38.4 Å². The minimum atomic E-state index is -3.81. The minimum Gasteiger partial charge on any atom is -0.335 e. The molecular formula is C9H11F2N3O3S2. The number of alkyl halides is 2. The molecule has 1 saturated heterocycles. The van der Waals surface area contributed by atoms with E-state index in [9.17, 15) is 22.0 Å². The molecule has 0 spiro atoms. The molecule has 1 aromatic rings. The predicted molar refractivity (Wildman–Crippen MR) is 65.2 cm³/mol. The molecule has 1 amide bonds. The molecule has 10 heteroatoms. The van der Waals surface area contributed by atoms with E-state index in [0.717, 1.165) is 11.3 Å². The van der Waals surface area contributed by atoms with Crippen molar-refractivity contribution in [1.29, 1.82) is 0 Å². The van der Waals surface area contributed by atoms with Crippen LogP contribution in [0.3, 0.4) is 0 Å². The van der Waals surface area contributed by atoms with Gasteiger partial charge in [0, 0.05) is 13.1 Å². The van der Waals surface area contributed by atoms with Crippen molar-refractivity contribution in [3.63, 3.8) is 0 Å². The lowest BCUT2D eigenvalue weighted by Gasteiger charge is -2.38. The number of hydrogen-bond donors (Lipinski definition) is 2. The number of carbonyl (C=O) groups excluding carboxylic acids is 1. The Hall–Kier alpha value is -1.10. The lowest BCUT2D eigenvalue weighted by atomic mass is 10.1. The highest BCUT2D eigenvalue weighted by atomic mass is 32.2. The highest BCUT2D eigenvalue weighted by Gasteiger charge is 2.34. The third-order valence-electron chi connectivity index (χ3n) is 2.62. The van der Waals surface area contributed by atoms with Gasteiger partial charge in [0.1, 0.15) is 0 Å². The van der Waals surface area contributed by atoms with Crippen molar-refractivity contribution in [2.45, 2.75) is 12.5 Å². The first-order chi connectivity index (χ1) is 8.78. The first kappa shape index (κ1) is 14.3. The maximum absolute atomic E-state index is 12.6. The second-order valence-electron chi connectivity index (χ2n) is 4.07. The number of nitrogens with zero attached hydrogens (tertiary/aromatic N) is 1. The van der Waals surface area contributed by atoms with Crippen molar-refractivity contribution >= 4 is 27.5 Å². The molecule has 1 fully saturated rings. The van der Waals surface area contributed by atoms with Crippen molar-refractivity contribution < 1.29 is 22.0 Å². The average molecular weight is 311 g/mol. The van der Waals surface area contributed by atoms with E-state index in [1.807, 2.05) is 0 Å². The molecule has 0 bridgehead atoms. The van der Waals surface area contributed by atoms with E-state index < -0.39 is 28.6 Å². The van der Waals surface area contributed by atoms with Gasteiger partial charge in [-0.3, -0.25) is 4.79 Å². The number of nitrogens with one attached hydrogen (secondary N) is 1. The number of amides is 1. The number of rotatable bonds is 4. The zero-order valence-electron chi connectivity index (χ0n) is 9.55. The molecule has 6 nitrogen and oxygen atoms in total. The van der Waals surface area contributed by atoms with Gasteiger partial charge in [0.2, 0.25) is 0 Å². The smallest absolute Gasteiger partial charge is 0.274 e. The van der Waals surface area contributed by atoms with E-state index in [1.54, 1.807) is 0 Å². The molecule has 0 radical (unpaired) electrons. The zero-order valence-corrected chi connectivity index (χ0v) is 11.2. The van der Waals surface area contributed by atoms with Crippen LogP contribution in [-0.2, 0) is 10.2 Å². The normalized spacial score (nSPS) is 16.7. The Morgan fingerprint density at radius 3 is 2.68 bits per heavy atom. The van der Waals surface area contributed by atoms with Gasteiger partial charge in [-0.2, -0.15) is 13.1 Å². The lowest BCUT2D eigenvalue weighted by molar-refractivity contribution is 0.0583. The van der Waals surface area contributed by atoms with Crippen LogP contribution < -0.4 is 9.86 Å². The van der Waals surface area contributed by atoms with Gasteiger partial charge >= 0.3 is 0 Å². The Balaban J connectivity index is 1.98. The molecule has 0 saturated carbocycles. The van der Waals surface area contributed by atoms with Gasteiger partial charge in [-0.05, 0) is 11.4 Å². The highest BCUT2D eigenvalue weighted by Crippen LogP contribution is 2.30. The first-order valence-electron chi connectivity index (χ1n) is 5.23. The Morgan fingerprint density at radius 2 is 2.16 bits per heavy atom. The number of likely N-dealkylation sites (tertiary alicyclic amines) is 1. The Labute approximate surface area is 112 Å². The summed E-state index contributed by atoms with van der Waals surface area (Å²) in [6, 6.07) is 0.877. The van der Waals surface area contributed by atoms with Crippen LogP contribution in [0.1, 0.15) is 21.7 Å². The Kier molecular flexibility index (Phi) is 3.85. The predicted octanol–water partition coefficient (Wildman–Crippen LogP) is 0.303. The maximum atomic E-state index is 12.6. The van der Waals surface area contributed by atoms with Gasteiger partial charge < -0.3 is 4.90 Å². The molecule has 1 aromatic heterocycles. The first-order valence-corrected chi connectivity index (χ1v) is 7.65. The highest BCUT2D eigenvalue weighted by molar-refractivity contribution is 7.87. The van der Waals surface area contributed by atoms with E-state index in [-0.39, 0.29) is 23.5 Å². The quantitative estimate of drug-likeness (QED) is 0.838. The van der Waals surface area contributed by atoms with Crippen LogP contribution in [0.15, 0.2) is 11.4 Å². The van der Waals surface area contributed by atoms with E-state index >= 15 is 0 Å². The van der Waals surface area contributed by atoms with E-state index in [2.05, 4.69) is 4.72 Å². The molecule has 0 aromatic carbocycles. The van der Waals surface area contributed by atoms with Gasteiger partial charge in [0.05, 0.1) is 16.5 Å². The van der Waals surface area contributed by atoms with Gasteiger partial charge in [-0.1, -0.05) is 0 Å². The monoisotopic (exact) mass is 311 g/mol. The molecule has 0 aliphatic carbocycles. The molecule has 1 aliphatic rings. The summed E-state index contributed by atoms with van der Waals surface area (Å²) >= 11 is 0.820. The van der Waals surface area contributed by atoms with Crippen LogP contribution in [0.25, 0.3) is 0 Å². The third kappa shape index (κ3) is 3.26. The summed E-state index contributed by atoms with van der Waals surface area (Å²) in [7, 11) is -3.81. The summed E-state index contributed by atoms with van der Waals surface area (Å²) in [5.41, 5.74) is -0.0333. The number of thiophene rings is 1. The maximum Gasteiger partial charge on any atom is 0.274 e. The summed E-state index contributed by atoms with van der Waals surface area (Å²) < 4.78 is 48.9. The topological polar surface area (TPSA) is 92.5 Å². The number of halogens is 2. The van der Waals surface area contributed by atoms with Crippen molar-refractivity contribution in [1.82, 2.24) is 9.62 Å². The molecule has 2 heterocycles. The average Bonchev–Trinajstić information content (AvgIpc) is 2.69. The fourth-order valence-electron chi connectivity index (χ4n) is 1.79. The fraction of sp³-hybridized carbons (Fsp3) is 0.444. The molecule has 106 valence electrons. The fourth-order valence-corrected chi connectivity index (χ4v) is 3.14. The Morgan fingerprint density at radius 1 is 1.53 bits per heavy atom. The SMILES string of the molecule is NS(=O)(=O)NC1CN(C(=O)c2ccsc2C(F)F)C1. The molecule has 0 atom stereocenters. The van der Waals surface area contributed by atoms with Gasteiger partial charge in [-0.25, -0.2) is 13.9 Å². The molecule has 0 unspecified atom stereocenters. The largest absolute Gasteiger partial charge is 0.335 e. The summed E-state index contributed by atoms with van der Waals surface area (Å²) in [6.07, 6.45) is -2.70. The van der Waals surface area contributed by atoms with Crippen molar-refractivity contribution in [2.24, 2.45) is 5.14 Å². The van der Waals surface area contributed by atoms with Crippen LogP contribution in [0.2, 0.25) is 0 Å². The standard InChI is InChI=1S/C9H11F2N3O3S2/c10-8(11)7-6(1-2-18-7)9(15)14-3-5(4-14)13-19(12,16)17/h1-2,5,8,13H,3-4H2,(H2,12,16,17). The number of nitrogens with two attached hydrogens (primary N) is 1. The molecular weight excluding hydrogens is 300 g/mol. The van der Waals surface area contributed by atoms with Gasteiger partial charge in [0.15, 0.2) is 0 Å². The van der Waals surface area contributed by atoms with Crippen LogP contribution in [0, 0.1) is 0 Å². The zero-order chi connectivity index (χ0) is 14.2. The van der Waals surface area contributed by atoms with E-state index in [4.69, 9.17) is 5.14 Å². The number of carbonyl (C=O) groups is 1. The third-order valence-corrected chi connectivity index (χ3v) is 4.21. The van der Waals surface area contributed by atoms with Crippen molar-refractivity contribution in [2.75, 3.05) is 13.1 Å². The number of hydrogen-bond acceptors (Lipinski definition) is 4. The van der Waals surface area contributed by atoms with Crippen molar-refractivity contribution in [3.05, 3.63) is 21.9 Å². The summed E-state index contributed by atoms with van der Waals surface area (Å²) in [4.78, 5) is 12.9. The van der Waals surface area contributed by atoms with Gasteiger partial charge in [0.25, 0.3) is 22.5 Å².